The highest BCUT2D eigenvalue weighted by molar-refractivity contribution is 6.09. The van der Waals surface area contributed by atoms with Crippen LogP contribution in [0.3, 0.4) is 0 Å². The molecule has 1 aliphatic heterocycles. The van der Waals surface area contributed by atoms with Crippen LogP contribution in [0.15, 0.2) is 54.1 Å². The molecule has 30 heavy (non-hydrogen) atoms. The number of aryl methyl sites for hydroxylation is 1. The molecule has 2 amide bonds. The van der Waals surface area contributed by atoms with E-state index in [-0.39, 0.29) is 18.1 Å². The van der Waals surface area contributed by atoms with Crippen LogP contribution in [-0.4, -0.2) is 49.6 Å². The molecule has 1 fully saturated rings. The average molecular weight is 405 g/mol. The summed E-state index contributed by atoms with van der Waals surface area (Å²) in [5.74, 6) is -0.0122. The van der Waals surface area contributed by atoms with Crippen LogP contribution in [-0.2, 0) is 14.3 Å². The van der Waals surface area contributed by atoms with Gasteiger partial charge < -0.3 is 19.7 Å². The Bertz CT molecular complexity index is 971. The lowest BCUT2D eigenvalue weighted by molar-refractivity contribution is -0.137. The summed E-state index contributed by atoms with van der Waals surface area (Å²) in [7, 11) is 0. The maximum atomic E-state index is 12.4. The summed E-state index contributed by atoms with van der Waals surface area (Å²) in [6.07, 6.45) is 1.51. The third-order valence-corrected chi connectivity index (χ3v) is 4.68. The second-order valence-electron chi connectivity index (χ2n) is 6.79. The van der Waals surface area contributed by atoms with E-state index in [1.54, 1.807) is 35.2 Å². The summed E-state index contributed by atoms with van der Waals surface area (Å²) in [5.41, 5.74) is 2.25. The van der Waals surface area contributed by atoms with Crippen LogP contribution in [0.4, 0.5) is 5.69 Å². The van der Waals surface area contributed by atoms with Gasteiger partial charge >= 0.3 is 0 Å². The Balaban J connectivity index is 1.59. The number of carbonyl (C=O) groups is 2. The number of rotatable bonds is 6. The first-order valence-corrected chi connectivity index (χ1v) is 9.64. The van der Waals surface area contributed by atoms with Gasteiger partial charge in [0.05, 0.1) is 13.2 Å². The molecule has 2 aromatic rings. The molecule has 2 aromatic carbocycles. The molecular weight excluding hydrogens is 382 g/mol. The molecule has 1 heterocycles. The predicted molar refractivity (Wildman–Crippen MR) is 113 cm³/mol. The third-order valence-electron chi connectivity index (χ3n) is 4.68. The Labute approximate surface area is 175 Å². The summed E-state index contributed by atoms with van der Waals surface area (Å²) in [6, 6.07) is 16.2. The Kier molecular flexibility index (Phi) is 7.19. The molecule has 7 heteroatoms. The zero-order valence-corrected chi connectivity index (χ0v) is 16.8. The van der Waals surface area contributed by atoms with Gasteiger partial charge in [0.2, 0.25) is 0 Å². The van der Waals surface area contributed by atoms with Gasteiger partial charge in [-0.2, -0.15) is 5.26 Å². The minimum Gasteiger partial charge on any atom is -0.484 e. The van der Waals surface area contributed by atoms with Crippen molar-refractivity contribution in [1.29, 1.82) is 5.26 Å². The quantitative estimate of drug-likeness (QED) is 0.589. The van der Waals surface area contributed by atoms with Gasteiger partial charge in [-0.3, -0.25) is 9.59 Å². The van der Waals surface area contributed by atoms with Crippen LogP contribution in [0, 0.1) is 18.3 Å². The predicted octanol–water partition coefficient (Wildman–Crippen LogP) is 2.78. The van der Waals surface area contributed by atoms with E-state index in [4.69, 9.17) is 9.47 Å². The molecule has 0 saturated carbocycles. The van der Waals surface area contributed by atoms with Crippen LogP contribution in [0.5, 0.6) is 5.75 Å². The maximum Gasteiger partial charge on any atom is 0.266 e. The van der Waals surface area contributed by atoms with E-state index in [9.17, 15) is 14.9 Å². The minimum atomic E-state index is -0.469. The summed E-state index contributed by atoms with van der Waals surface area (Å²) in [5, 5.41) is 12.1. The zero-order valence-electron chi connectivity index (χ0n) is 16.8. The third kappa shape index (κ3) is 5.69. The molecule has 0 radical (unpaired) electrons. The summed E-state index contributed by atoms with van der Waals surface area (Å²) >= 11 is 0. The monoisotopic (exact) mass is 405 g/mol. The Hall–Kier alpha value is -3.63. The van der Waals surface area contributed by atoms with Crippen molar-refractivity contribution in [3.8, 4) is 11.8 Å². The van der Waals surface area contributed by atoms with Crippen molar-refractivity contribution in [1.82, 2.24) is 4.90 Å². The first kappa shape index (κ1) is 21.1. The molecule has 1 saturated heterocycles. The number of amides is 2. The first-order chi connectivity index (χ1) is 14.6. The van der Waals surface area contributed by atoms with E-state index < -0.39 is 5.91 Å². The standard InChI is InChI=1S/C23H23N3O4/c1-17-4-2-3-5-21(17)25-23(28)19(15-24)14-18-6-8-20(9-7-18)30-16-22(27)26-10-12-29-13-11-26/h2-9,14H,10-13,16H2,1H3,(H,25,28)/b19-14-. The van der Waals surface area contributed by atoms with Crippen LogP contribution >= 0.6 is 0 Å². The molecule has 0 bridgehead atoms. The smallest absolute Gasteiger partial charge is 0.266 e. The van der Waals surface area contributed by atoms with Crippen molar-refractivity contribution in [2.75, 3.05) is 38.2 Å². The summed E-state index contributed by atoms with van der Waals surface area (Å²) in [4.78, 5) is 26.3. The topological polar surface area (TPSA) is 91.7 Å². The Morgan fingerprint density at radius 3 is 2.53 bits per heavy atom. The lowest BCUT2D eigenvalue weighted by Gasteiger charge is -2.26. The number of hydrogen-bond acceptors (Lipinski definition) is 5. The number of benzene rings is 2. The molecule has 1 aliphatic rings. The van der Waals surface area contributed by atoms with Crippen molar-refractivity contribution >= 4 is 23.6 Å². The van der Waals surface area contributed by atoms with Gasteiger partial charge in [0.15, 0.2) is 6.61 Å². The highest BCUT2D eigenvalue weighted by atomic mass is 16.5. The second-order valence-corrected chi connectivity index (χ2v) is 6.79. The van der Waals surface area contributed by atoms with Gasteiger partial charge in [-0.15, -0.1) is 0 Å². The molecule has 0 atom stereocenters. The van der Waals surface area contributed by atoms with Crippen LogP contribution in [0.2, 0.25) is 0 Å². The summed E-state index contributed by atoms with van der Waals surface area (Å²) in [6.45, 7) is 4.09. The highest BCUT2D eigenvalue weighted by Gasteiger charge is 2.17. The number of carbonyl (C=O) groups excluding carboxylic acids is 2. The molecule has 0 spiro atoms. The van der Waals surface area contributed by atoms with Crippen molar-refractivity contribution in [2.24, 2.45) is 0 Å². The second kappa shape index (κ2) is 10.2. The fourth-order valence-corrected chi connectivity index (χ4v) is 2.93. The number of para-hydroxylation sites is 1. The fraction of sp³-hybridized carbons (Fsp3) is 0.261. The van der Waals surface area contributed by atoms with Gasteiger partial charge in [-0.05, 0) is 42.3 Å². The first-order valence-electron chi connectivity index (χ1n) is 9.64. The van der Waals surface area contributed by atoms with E-state index in [2.05, 4.69) is 5.32 Å². The fourth-order valence-electron chi connectivity index (χ4n) is 2.93. The number of nitrogens with one attached hydrogen (secondary N) is 1. The van der Waals surface area contributed by atoms with Crippen molar-refractivity contribution in [3.63, 3.8) is 0 Å². The Morgan fingerprint density at radius 1 is 1.17 bits per heavy atom. The zero-order chi connectivity index (χ0) is 21.3. The van der Waals surface area contributed by atoms with Crippen molar-refractivity contribution < 1.29 is 19.1 Å². The normalized spacial score (nSPS) is 14.0. The Morgan fingerprint density at radius 2 is 1.87 bits per heavy atom. The van der Waals surface area contributed by atoms with Crippen molar-refractivity contribution in [2.45, 2.75) is 6.92 Å². The number of anilines is 1. The molecule has 3 rings (SSSR count). The van der Waals surface area contributed by atoms with E-state index >= 15 is 0 Å². The van der Waals surface area contributed by atoms with Gasteiger partial charge in [-0.1, -0.05) is 30.3 Å². The maximum absolute atomic E-state index is 12.4. The van der Waals surface area contributed by atoms with Crippen LogP contribution in [0.1, 0.15) is 11.1 Å². The SMILES string of the molecule is Cc1ccccc1NC(=O)/C(C#N)=C\c1ccc(OCC(=O)N2CCOCC2)cc1. The number of hydrogen-bond donors (Lipinski definition) is 1. The number of nitrogens with zero attached hydrogens (tertiary/aromatic N) is 2. The molecule has 1 N–H and O–H groups in total. The van der Waals surface area contributed by atoms with Gasteiger partial charge in [0.1, 0.15) is 17.4 Å². The van der Waals surface area contributed by atoms with Crippen LogP contribution in [0.25, 0.3) is 6.08 Å². The largest absolute Gasteiger partial charge is 0.484 e. The highest BCUT2D eigenvalue weighted by Crippen LogP contribution is 2.17. The molecule has 0 unspecified atom stereocenters. The minimum absolute atomic E-state index is 0.00517. The van der Waals surface area contributed by atoms with Crippen molar-refractivity contribution in [3.05, 3.63) is 65.2 Å². The van der Waals surface area contributed by atoms with Crippen LogP contribution < -0.4 is 10.1 Å². The van der Waals surface area contributed by atoms with Gasteiger partial charge in [0, 0.05) is 18.8 Å². The van der Waals surface area contributed by atoms with E-state index in [0.717, 1.165) is 5.56 Å². The van der Waals surface area contributed by atoms with E-state index in [0.29, 0.717) is 43.3 Å². The molecule has 0 aromatic heterocycles. The number of nitriles is 1. The summed E-state index contributed by atoms with van der Waals surface area (Å²) < 4.78 is 10.8. The van der Waals surface area contributed by atoms with E-state index in [1.807, 2.05) is 31.2 Å². The molecule has 0 aliphatic carbocycles. The number of morpholine rings is 1. The van der Waals surface area contributed by atoms with Gasteiger partial charge in [-0.25, -0.2) is 0 Å². The molecular formula is C23H23N3O4. The van der Waals surface area contributed by atoms with Gasteiger partial charge in [0.25, 0.3) is 11.8 Å². The number of ether oxygens (including phenoxy) is 2. The average Bonchev–Trinajstić information content (AvgIpc) is 2.78. The van der Waals surface area contributed by atoms with E-state index in [1.165, 1.54) is 6.08 Å². The molecule has 7 nitrogen and oxygen atoms in total. The lowest BCUT2D eigenvalue weighted by atomic mass is 10.1. The molecule has 154 valence electrons. The lowest BCUT2D eigenvalue weighted by Crippen LogP contribution is -2.42.